The number of hydrogen-bond acceptors (Lipinski definition) is 7. The van der Waals surface area contributed by atoms with Crippen LogP contribution in [0.3, 0.4) is 0 Å². The van der Waals surface area contributed by atoms with Gasteiger partial charge in [0.15, 0.2) is 23.1 Å². The van der Waals surface area contributed by atoms with E-state index in [-0.39, 0.29) is 11.9 Å². The van der Waals surface area contributed by atoms with E-state index < -0.39 is 23.1 Å². The van der Waals surface area contributed by atoms with Crippen LogP contribution < -0.4 is 10.6 Å². The van der Waals surface area contributed by atoms with Crippen molar-refractivity contribution in [3.63, 3.8) is 0 Å². The van der Waals surface area contributed by atoms with Gasteiger partial charge in [-0.05, 0) is 38.0 Å². The van der Waals surface area contributed by atoms with Gasteiger partial charge in [0.1, 0.15) is 11.5 Å². The highest BCUT2D eigenvalue weighted by Gasteiger charge is 2.24. The lowest BCUT2D eigenvalue weighted by atomic mass is 10.1. The Morgan fingerprint density at radius 3 is 2.49 bits per heavy atom. The first kappa shape index (κ1) is 23.2. The van der Waals surface area contributed by atoms with Gasteiger partial charge in [0.2, 0.25) is 5.95 Å². The fourth-order valence-electron chi connectivity index (χ4n) is 4.58. The number of fused-ring (bicyclic) bond motifs is 2. The summed E-state index contributed by atoms with van der Waals surface area (Å²) in [4.78, 5) is 9.11. The zero-order valence-corrected chi connectivity index (χ0v) is 20.1. The standard InChI is InChI=1S/C25H23F3N8O/c1-13-17-4-3-15(11-21(17)33-35(13)2)30-25-29-12-18-23(31-22-19(27)9-14(26)10-20(22)28)34-36(24(18)32-25)16-5-7-37-8-6-16/h3-4,9-12,16H,5-8H2,1-2H3,(H,31,34)(H,29,30,32). The first-order chi connectivity index (χ1) is 17.9. The Labute approximate surface area is 209 Å². The summed E-state index contributed by atoms with van der Waals surface area (Å²) in [7, 11) is 1.90. The van der Waals surface area contributed by atoms with Crippen molar-refractivity contribution in [2.24, 2.45) is 7.05 Å². The molecule has 0 unspecified atom stereocenters. The Morgan fingerprint density at radius 2 is 1.73 bits per heavy atom. The molecule has 6 rings (SSSR count). The number of ether oxygens (including phenoxy) is 1. The van der Waals surface area contributed by atoms with Crippen molar-refractivity contribution in [3.05, 3.63) is 59.7 Å². The van der Waals surface area contributed by atoms with Crippen molar-refractivity contribution in [3.8, 4) is 0 Å². The van der Waals surface area contributed by atoms with Crippen molar-refractivity contribution in [2.45, 2.75) is 25.8 Å². The van der Waals surface area contributed by atoms with Crippen LogP contribution in [0, 0.1) is 24.4 Å². The summed E-state index contributed by atoms with van der Waals surface area (Å²) in [5.74, 6) is -2.63. The highest BCUT2D eigenvalue weighted by molar-refractivity contribution is 5.90. The van der Waals surface area contributed by atoms with E-state index in [0.29, 0.717) is 55.2 Å². The molecule has 1 saturated heterocycles. The van der Waals surface area contributed by atoms with Crippen LogP contribution in [0.4, 0.5) is 36.3 Å². The van der Waals surface area contributed by atoms with E-state index in [1.165, 1.54) is 0 Å². The highest BCUT2D eigenvalue weighted by Crippen LogP contribution is 2.33. The minimum atomic E-state index is -1.06. The molecule has 190 valence electrons. The molecule has 1 fully saturated rings. The highest BCUT2D eigenvalue weighted by atomic mass is 19.1. The zero-order chi connectivity index (χ0) is 25.7. The summed E-state index contributed by atoms with van der Waals surface area (Å²) in [6.07, 6.45) is 2.95. The molecule has 9 nitrogen and oxygen atoms in total. The molecule has 0 bridgehead atoms. The maximum absolute atomic E-state index is 14.4. The topological polar surface area (TPSA) is 94.7 Å². The molecule has 0 saturated carbocycles. The van der Waals surface area contributed by atoms with E-state index in [2.05, 4.69) is 25.8 Å². The fraction of sp³-hybridized carbons (Fsp3) is 0.280. The van der Waals surface area contributed by atoms with Crippen LogP contribution >= 0.6 is 0 Å². The van der Waals surface area contributed by atoms with Crippen LogP contribution in [0.5, 0.6) is 0 Å². The summed E-state index contributed by atoms with van der Waals surface area (Å²) < 4.78 is 51.2. The second-order valence-corrected chi connectivity index (χ2v) is 9.00. The quantitative estimate of drug-likeness (QED) is 0.334. The van der Waals surface area contributed by atoms with Gasteiger partial charge in [-0.25, -0.2) is 22.8 Å². The number of anilines is 4. The lowest BCUT2D eigenvalue weighted by molar-refractivity contribution is 0.0674. The molecule has 1 aliphatic rings. The minimum Gasteiger partial charge on any atom is -0.381 e. The van der Waals surface area contributed by atoms with Gasteiger partial charge >= 0.3 is 0 Å². The van der Waals surface area contributed by atoms with Crippen LogP contribution in [0.1, 0.15) is 24.6 Å². The van der Waals surface area contributed by atoms with Gasteiger partial charge in [-0.3, -0.25) is 4.68 Å². The van der Waals surface area contributed by atoms with Gasteiger partial charge in [0.05, 0.1) is 16.9 Å². The molecule has 5 aromatic rings. The lowest BCUT2D eigenvalue weighted by Gasteiger charge is -2.22. The van der Waals surface area contributed by atoms with Gasteiger partial charge in [-0.2, -0.15) is 15.2 Å². The van der Waals surface area contributed by atoms with Crippen molar-refractivity contribution in [1.82, 2.24) is 29.5 Å². The van der Waals surface area contributed by atoms with Crippen molar-refractivity contribution >= 4 is 45.1 Å². The van der Waals surface area contributed by atoms with Crippen molar-refractivity contribution in [2.75, 3.05) is 23.8 Å². The molecule has 4 heterocycles. The van der Waals surface area contributed by atoms with E-state index >= 15 is 0 Å². The summed E-state index contributed by atoms with van der Waals surface area (Å²) >= 11 is 0. The molecule has 0 atom stereocenters. The van der Waals surface area contributed by atoms with Gasteiger partial charge in [-0.1, -0.05) is 0 Å². The number of aryl methyl sites for hydroxylation is 2. The van der Waals surface area contributed by atoms with E-state index in [4.69, 9.17) is 9.72 Å². The third-order valence-electron chi connectivity index (χ3n) is 6.62. The van der Waals surface area contributed by atoms with Crippen molar-refractivity contribution in [1.29, 1.82) is 0 Å². The zero-order valence-electron chi connectivity index (χ0n) is 20.1. The predicted molar refractivity (Wildman–Crippen MR) is 133 cm³/mol. The minimum absolute atomic E-state index is 0.0229. The van der Waals surface area contributed by atoms with Gasteiger partial charge in [0.25, 0.3) is 0 Å². The molecule has 2 aromatic carbocycles. The average molecular weight is 509 g/mol. The number of aromatic nitrogens is 6. The van der Waals surface area contributed by atoms with E-state index in [0.717, 1.165) is 22.3 Å². The van der Waals surface area contributed by atoms with Crippen LogP contribution in [0.15, 0.2) is 36.5 Å². The van der Waals surface area contributed by atoms with E-state index in [9.17, 15) is 13.2 Å². The number of nitrogens with one attached hydrogen (secondary N) is 2. The Hall–Kier alpha value is -4.19. The first-order valence-corrected chi connectivity index (χ1v) is 11.8. The summed E-state index contributed by atoms with van der Waals surface area (Å²) in [6, 6.07) is 7.03. The molecular weight excluding hydrogens is 485 g/mol. The normalized spacial score (nSPS) is 14.5. The number of nitrogens with zero attached hydrogens (tertiary/aromatic N) is 6. The van der Waals surface area contributed by atoms with E-state index in [1.54, 1.807) is 10.9 Å². The second kappa shape index (κ2) is 9.04. The molecular formula is C25H23F3N8O. The third-order valence-corrected chi connectivity index (χ3v) is 6.62. The number of benzene rings is 2. The Bertz CT molecular complexity index is 1620. The van der Waals surface area contributed by atoms with E-state index in [1.807, 2.05) is 36.9 Å². The number of hydrogen-bond donors (Lipinski definition) is 2. The number of halogens is 3. The largest absolute Gasteiger partial charge is 0.381 e. The predicted octanol–water partition coefficient (Wildman–Crippen LogP) is 5.28. The molecule has 12 heteroatoms. The Kier molecular flexibility index (Phi) is 5.67. The maximum atomic E-state index is 14.4. The average Bonchev–Trinajstić information content (AvgIpc) is 3.37. The van der Waals surface area contributed by atoms with Crippen LogP contribution in [-0.2, 0) is 11.8 Å². The van der Waals surface area contributed by atoms with Gasteiger partial charge in [-0.15, -0.1) is 0 Å². The molecule has 0 radical (unpaired) electrons. The molecule has 37 heavy (non-hydrogen) atoms. The SMILES string of the molecule is Cc1c2ccc(Nc3ncc4c(Nc5c(F)cc(F)cc5F)nn(C5CCOCC5)c4n3)cc2nn1C. The molecule has 0 amide bonds. The van der Waals surface area contributed by atoms with Crippen LogP contribution in [0.2, 0.25) is 0 Å². The maximum Gasteiger partial charge on any atom is 0.229 e. The molecule has 1 aliphatic heterocycles. The third kappa shape index (κ3) is 4.22. The Balaban J connectivity index is 1.39. The molecule has 3 aromatic heterocycles. The smallest absolute Gasteiger partial charge is 0.229 e. The lowest BCUT2D eigenvalue weighted by Crippen LogP contribution is -2.21. The number of rotatable bonds is 5. The monoisotopic (exact) mass is 508 g/mol. The van der Waals surface area contributed by atoms with Crippen molar-refractivity contribution < 1.29 is 17.9 Å². The first-order valence-electron chi connectivity index (χ1n) is 11.8. The van der Waals surface area contributed by atoms with Crippen LogP contribution in [-0.4, -0.2) is 42.7 Å². The fourth-order valence-corrected chi connectivity index (χ4v) is 4.58. The second-order valence-electron chi connectivity index (χ2n) is 9.00. The molecule has 0 aliphatic carbocycles. The summed E-state index contributed by atoms with van der Waals surface area (Å²) in [5.41, 5.74) is 2.66. The van der Waals surface area contributed by atoms with Crippen LogP contribution in [0.25, 0.3) is 21.9 Å². The summed E-state index contributed by atoms with van der Waals surface area (Å²) in [6.45, 7) is 3.14. The summed E-state index contributed by atoms with van der Waals surface area (Å²) in [5, 5.41) is 16.5. The van der Waals surface area contributed by atoms with Gasteiger partial charge < -0.3 is 15.4 Å². The molecule has 2 N–H and O–H groups in total. The Morgan fingerprint density at radius 1 is 0.973 bits per heavy atom. The van der Waals surface area contributed by atoms with Gasteiger partial charge in [0, 0.05) is 55.4 Å². The molecule has 0 spiro atoms.